The predicted molar refractivity (Wildman–Crippen MR) is 98.2 cm³/mol. The van der Waals surface area contributed by atoms with Crippen molar-refractivity contribution in [3.8, 4) is 0 Å². The molecule has 1 amide bonds. The average molecular weight is 368 g/mol. The van der Waals surface area contributed by atoms with Crippen molar-refractivity contribution >= 4 is 15.9 Å². The van der Waals surface area contributed by atoms with Crippen molar-refractivity contribution in [3.63, 3.8) is 0 Å². The first kappa shape index (κ1) is 19.9. The third-order valence-electron chi connectivity index (χ3n) is 4.26. The number of hydrogen-bond donors (Lipinski definition) is 1. The molecule has 0 radical (unpaired) electrons. The minimum atomic E-state index is -3.38. The van der Waals surface area contributed by atoms with E-state index in [1.54, 1.807) is 12.1 Å². The second-order valence-corrected chi connectivity index (χ2v) is 9.53. The molecule has 1 saturated heterocycles. The lowest BCUT2D eigenvalue weighted by atomic mass is 9.87. The summed E-state index contributed by atoms with van der Waals surface area (Å²) in [6, 6.07) is 7.41. The Labute approximate surface area is 150 Å². The van der Waals surface area contributed by atoms with Crippen LogP contribution in [-0.4, -0.2) is 56.7 Å². The maximum absolute atomic E-state index is 12.3. The summed E-state index contributed by atoms with van der Waals surface area (Å²) in [6.07, 6.45) is -0.0977. The summed E-state index contributed by atoms with van der Waals surface area (Å²) in [5.74, 6) is -0.364. The van der Waals surface area contributed by atoms with Crippen LogP contribution in [0, 0.1) is 0 Å². The Morgan fingerprint density at radius 1 is 1.28 bits per heavy atom. The molecule has 1 aliphatic rings. The van der Waals surface area contributed by atoms with Gasteiger partial charge in [-0.3, -0.25) is 4.79 Å². The van der Waals surface area contributed by atoms with E-state index in [4.69, 9.17) is 4.74 Å². The number of hydrogen-bond acceptors (Lipinski definition) is 4. The van der Waals surface area contributed by atoms with Crippen LogP contribution in [-0.2, 0) is 20.2 Å². The van der Waals surface area contributed by atoms with E-state index in [-0.39, 0.29) is 29.7 Å². The highest BCUT2D eigenvalue weighted by Crippen LogP contribution is 2.22. The molecule has 0 aromatic heterocycles. The minimum Gasteiger partial charge on any atom is -0.376 e. The Morgan fingerprint density at radius 2 is 1.92 bits per heavy atom. The summed E-state index contributed by atoms with van der Waals surface area (Å²) >= 11 is 0. The minimum absolute atomic E-state index is 0.0262. The molecule has 1 aromatic rings. The van der Waals surface area contributed by atoms with Gasteiger partial charge in [-0.05, 0) is 30.0 Å². The molecule has 2 rings (SSSR count). The van der Waals surface area contributed by atoms with Crippen molar-refractivity contribution in [2.75, 3.05) is 32.0 Å². The highest BCUT2D eigenvalue weighted by molar-refractivity contribution is 7.89. The number of amides is 1. The number of benzene rings is 1. The Bertz CT molecular complexity index is 693. The standard InChI is InChI=1S/C18H28N2O4S/c1-14-13-20(10-11-24-14)25(22,23)12-9-19-17(21)15-5-7-16(8-6-15)18(2,3)4/h5-8,14H,9-13H2,1-4H3,(H,19,21). The number of nitrogens with one attached hydrogen (secondary N) is 1. The summed E-state index contributed by atoms with van der Waals surface area (Å²) in [7, 11) is -3.38. The number of rotatable bonds is 5. The fourth-order valence-electron chi connectivity index (χ4n) is 2.69. The van der Waals surface area contributed by atoms with E-state index in [0.29, 0.717) is 25.3 Å². The fraction of sp³-hybridized carbons (Fsp3) is 0.611. The van der Waals surface area contributed by atoms with Gasteiger partial charge in [0.15, 0.2) is 0 Å². The monoisotopic (exact) mass is 368 g/mol. The van der Waals surface area contributed by atoms with E-state index >= 15 is 0 Å². The molecule has 6 nitrogen and oxygen atoms in total. The lowest BCUT2D eigenvalue weighted by Crippen LogP contribution is -2.46. The number of carbonyl (C=O) groups excluding carboxylic acids is 1. The third-order valence-corrected chi connectivity index (χ3v) is 6.09. The van der Waals surface area contributed by atoms with Crippen LogP contribution in [0.15, 0.2) is 24.3 Å². The first-order valence-electron chi connectivity index (χ1n) is 8.58. The largest absolute Gasteiger partial charge is 0.376 e. The molecule has 0 spiro atoms. The van der Waals surface area contributed by atoms with Crippen molar-refractivity contribution in [2.24, 2.45) is 0 Å². The van der Waals surface area contributed by atoms with Crippen LogP contribution in [0.3, 0.4) is 0 Å². The highest BCUT2D eigenvalue weighted by Gasteiger charge is 2.27. The highest BCUT2D eigenvalue weighted by atomic mass is 32.2. The molecule has 1 heterocycles. The zero-order valence-corrected chi connectivity index (χ0v) is 16.2. The number of sulfonamides is 1. The second-order valence-electron chi connectivity index (χ2n) is 7.44. The lowest BCUT2D eigenvalue weighted by Gasteiger charge is -2.30. The van der Waals surface area contributed by atoms with E-state index in [1.807, 2.05) is 19.1 Å². The molecule has 1 aliphatic heterocycles. The first-order valence-corrected chi connectivity index (χ1v) is 10.2. The van der Waals surface area contributed by atoms with Gasteiger partial charge >= 0.3 is 0 Å². The van der Waals surface area contributed by atoms with Crippen LogP contribution in [0.1, 0.15) is 43.6 Å². The van der Waals surface area contributed by atoms with Crippen LogP contribution < -0.4 is 5.32 Å². The van der Waals surface area contributed by atoms with E-state index in [9.17, 15) is 13.2 Å². The van der Waals surface area contributed by atoms with Gasteiger partial charge in [-0.1, -0.05) is 32.9 Å². The van der Waals surface area contributed by atoms with Crippen molar-refractivity contribution in [1.29, 1.82) is 0 Å². The molecule has 1 aromatic carbocycles. The van der Waals surface area contributed by atoms with Crippen LogP contribution in [0.25, 0.3) is 0 Å². The third kappa shape index (κ3) is 5.52. The molecule has 0 bridgehead atoms. The topological polar surface area (TPSA) is 75.7 Å². The zero-order chi connectivity index (χ0) is 18.7. The van der Waals surface area contributed by atoms with Gasteiger partial charge in [0.05, 0.1) is 18.5 Å². The van der Waals surface area contributed by atoms with Gasteiger partial charge in [0, 0.05) is 25.2 Å². The van der Waals surface area contributed by atoms with Gasteiger partial charge in [-0.15, -0.1) is 0 Å². The molecule has 7 heteroatoms. The molecule has 25 heavy (non-hydrogen) atoms. The summed E-state index contributed by atoms with van der Waals surface area (Å²) < 4.78 is 31.4. The summed E-state index contributed by atoms with van der Waals surface area (Å²) in [5, 5.41) is 2.69. The summed E-state index contributed by atoms with van der Waals surface area (Å²) in [5.41, 5.74) is 1.71. The van der Waals surface area contributed by atoms with Crippen LogP contribution in [0.2, 0.25) is 0 Å². The number of ether oxygens (including phenoxy) is 1. The molecule has 0 aliphatic carbocycles. The van der Waals surface area contributed by atoms with Gasteiger partial charge in [0.2, 0.25) is 10.0 Å². The smallest absolute Gasteiger partial charge is 0.251 e. The van der Waals surface area contributed by atoms with Gasteiger partial charge in [-0.25, -0.2) is 8.42 Å². The van der Waals surface area contributed by atoms with Gasteiger partial charge in [0.1, 0.15) is 0 Å². The Hall–Kier alpha value is -1.44. The van der Waals surface area contributed by atoms with Crippen LogP contribution in [0.4, 0.5) is 0 Å². The number of morpholine rings is 1. The number of nitrogens with zero attached hydrogens (tertiary/aromatic N) is 1. The SMILES string of the molecule is CC1CN(S(=O)(=O)CCNC(=O)c2ccc(C(C)(C)C)cc2)CCO1. The fourth-order valence-corrected chi connectivity index (χ4v) is 4.09. The van der Waals surface area contributed by atoms with Crippen LogP contribution in [0.5, 0.6) is 0 Å². The maximum Gasteiger partial charge on any atom is 0.251 e. The molecule has 0 saturated carbocycles. The number of carbonyl (C=O) groups is 1. The Morgan fingerprint density at radius 3 is 2.48 bits per heavy atom. The molecular formula is C18H28N2O4S. The molecule has 1 unspecified atom stereocenters. The van der Waals surface area contributed by atoms with Crippen molar-refractivity contribution < 1.29 is 17.9 Å². The Kier molecular flexibility index (Phi) is 6.24. The average Bonchev–Trinajstić information content (AvgIpc) is 2.54. The van der Waals surface area contributed by atoms with Crippen molar-refractivity contribution in [2.45, 2.75) is 39.2 Å². The molecular weight excluding hydrogens is 340 g/mol. The van der Waals surface area contributed by atoms with E-state index in [1.165, 1.54) is 4.31 Å². The van der Waals surface area contributed by atoms with E-state index < -0.39 is 10.0 Å². The van der Waals surface area contributed by atoms with Gasteiger partial charge in [-0.2, -0.15) is 4.31 Å². The maximum atomic E-state index is 12.3. The molecule has 1 fully saturated rings. The van der Waals surface area contributed by atoms with Crippen molar-refractivity contribution in [3.05, 3.63) is 35.4 Å². The lowest BCUT2D eigenvalue weighted by molar-refractivity contribution is 0.0102. The quantitative estimate of drug-likeness (QED) is 0.859. The first-order chi connectivity index (χ1) is 11.6. The van der Waals surface area contributed by atoms with E-state index in [0.717, 1.165) is 5.56 Å². The molecule has 1 N–H and O–H groups in total. The predicted octanol–water partition coefficient (Wildman–Crippen LogP) is 1.76. The summed E-state index contributed by atoms with van der Waals surface area (Å²) in [6.45, 7) is 9.42. The van der Waals surface area contributed by atoms with Gasteiger partial charge in [0.25, 0.3) is 5.91 Å². The normalized spacial score (nSPS) is 19.6. The van der Waals surface area contributed by atoms with Crippen molar-refractivity contribution in [1.82, 2.24) is 9.62 Å². The molecule has 1 atom stereocenters. The Balaban J connectivity index is 1.87. The summed E-state index contributed by atoms with van der Waals surface area (Å²) in [4.78, 5) is 12.2. The second kappa shape index (κ2) is 7.85. The zero-order valence-electron chi connectivity index (χ0n) is 15.4. The molecule has 140 valence electrons. The van der Waals surface area contributed by atoms with E-state index in [2.05, 4.69) is 26.1 Å². The van der Waals surface area contributed by atoms with Gasteiger partial charge < -0.3 is 10.1 Å². The van der Waals surface area contributed by atoms with Crippen LogP contribution >= 0.6 is 0 Å².